The maximum atomic E-state index is 12.7. The molecule has 0 saturated heterocycles. The molecule has 2 aromatic rings. The van der Waals surface area contributed by atoms with Crippen molar-refractivity contribution in [3.63, 3.8) is 0 Å². The third-order valence-electron chi connectivity index (χ3n) is 3.07. The molecule has 3 nitrogen and oxygen atoms in total. The topological polar surface area (TPSA) is 55.1 Å². The van der Waals surface area contributed by atoms with Crippen LogP contribution in [0.3, 0.4) is 0 Å². The summed E-state index contributed by atoms with van der Waals surface area (Å²) in [7, 11) is 0. The second-order valence-electron chi connectivity index (χ2n) is 4.56. The summed E-state index contributed by atoms with van der Waals surface area (Å²) in [5.74, 6) is -0.470. The average molecular weight is 272 g/mol. The Morgan fingerprint density at radius 2 is 1.75 bits per heavy atom. The van der Waals surface area contributed by atoms with Crippen molar-refractivity contribution in [1.82, 2.24) is 5.32 Å². The van der Waals surface area contributed by atoms with E-state index < -0.39 is 6.04 Å². The number of carbonyl (C=O) groups excluding carboxylic acids is 1. The van der Waals surface area contributed by atoms with Gasteiger partial charge in [-0.2, -0.15) is 0 Å². The number of carbonyl (C=O) groups is 1. The van der Waals surface area contributed by atoms with Crippen LogP contribution in [0, 0.1) is 5.82 Å². The molecular formula is C16H17FN2O. The molecule has 0 aliphatic carbocycles. The molecule has 1 atom stereocenters. The van der Waals surface area contributed by atoms with E-state index >= 15 is 0 Å². The molecular weight excluding hydrogens is 255 g/mol. The Morgan fingerprint density at radius 1 is 1.10 bits per heavy atom. The summed E-state index contributed by atoms with van der Waals surface area (Å²) >= 11 is 0. The Kier molecular flexibility index (Phi) is 4.85. The zero-order valence-corrected chi connectivity index (χ0v) is 11.1. The fourth-order valence-corrected chi connectivity index (χ4v) is 1.90. The summed E-state index contributed by atoms with van der Waals surface area (Å²) in [6.07, 6.45) is 0.646. The lowest BCUT2D eigenvalue weighted by Gasteiger charge is -2.12. The normalized spacial score (nSPS) is 11.9. The molecule has 0 aliphatic rings. The Balaban J connectivity index is 1.82. The number of nitrogens with two attached hydrogens (primary N) is 1. The van der Waals surface area contributed by atoms with Crippen LogP contribution >= 0.6 is 0 Å². The average Bonchev–Trinajstić information content (AvgIpc) is 2.49. The minimum absolute atomic E-state index is 0.210. The third-order valence-corrected chi connectivity index (χ3v) is 3.07. The first-order valence-corrected chi connectivity index (χ1v) is 6.49. The molecule has 0 saturated carbocycles. The highest BCUT2D eigenvalue weighted by Crippen LogP contribution is 2.09. The summed E-state index contributed by atoms with van der Waals surface area (Å²) in [6.45, 7) is 0.477. The smallest absolute Gasteiger partial charge is 0.241 e. The first kappa shape index (κ1) is 14.2. The van der Waals surface area contributed by atoms with Crippen LogP contribution in [0.1, 0.15) is 17.2 Å². The molecule has 3 N–H and O–H groups in total. The molecule has 20 heavy (non-hydrogen) atoms. The Bertz CT molecular complexity index is 554. The quantitative estimate of drug-likeness (QED) is 0.876. The van der Waals surface area contributed by atoms with E-state index in [9.17, 15) is 9.18 Å². The second-order valence-corrected chi connectivity index (χ2v) is 4.56. The molecule has 0 unspecified atom stereocenters. The van der Waals surface area contributed by atoms with Gasteiger partial charge >= 0.3 is 0 Å². The van der Waals surface area contributed by atoms with Crippen molar-refractivity contribution in [1.29, 1.82) is 0 Å². The maximum absolute atomic E-state index is 12.7. The van der Waals surface area contributed by atoms with Crippen molar-refractivity contribution in [2.45, 2.75) is 12.5 Å². The second kappa shape index (κ2) is 6.82. The van der Waals surface area contributed by atoms with E-state index in [1.807, 2.05) is 30.3 Å². The van der Waals surface area contributed by atoms with Crippen LogP contribution < -0.4 is 11.1 Å². The SMILES string of the molecule is N[C@H](C(=O)NCCc1ccc(F)cc1)c1ccccc1. The molecule has 0 aliphatic heterocycles. The van der Waals surface area contributed by atoms with Gasteiger partial charge in [0.1, 0.15) is 11.9 Å². The molecule has 104 valence electrons. The molecule has 0 bridgehead atoms. The molecule has 0 spiro atoms. The fourth-order valence-electron chi connectivity index (χ4n) is 1.90. The van der Waals surface area contributed by atoms with Crippen LogP contribution in [0.2, 0.25) is 0 Å². The van der Waals surface area contributed by atoms with Crippen molar-refractivity contribution < 1.29 is 9.18 Å². The minimum Gasteiger partial charge on any atom is -0.354 e. The molecule has 4 heteroatoms. The predicted molar refractivity (Wildman–Crippen MR) is 76.5 cm³/mol. The van der Waals surface area contributed by atoms with Crippen molar-refractivity contribution in [2.75, 3.05) is 6.54 Å². The standard InChI is InChI=1S/C16H17FN2O/c17-14-8-6-12(7-9-14)10-11-19-16(20)15(18)13-4-2-1-3-5-13/h1-9,15H,10-11,18H2,(H,19,20)/t15-/m0/s1. The lowest BCUT2D eigenvalue weighted by Crippen LogP contribution is -2.35. The highest BCUT2D eigenvalue weighted by molar-refractivity contribution is 5.82. The van der Waals surface area contributed by atoms with Gasteiger partial charge in [0.05, 0.1) is 0 Å². The number of benzene rings is 2. The molecule has 2 aromatic carbocycles. The molecule has 2 rings (SSSR count). The van der Waals surface area contributed by atoms with E-state index in [2.05, 4.69) is 5.32 Å². The summed E-state index contributed by atoms with van der Waals surface area (Å²) in [5.41, 5.74) is 7.63. The molecule has 1 amide bonds. The Morgan fingerprint density at radius 3 is 2.40 bits per heavy atom. The van der Waals surface area contributed by atoms with Crippen molar-refractivity contribution >= 4 is 5.91 Å². The monoisotopic (exact) mass is 272 g/mol. The number of halogens is 1. The van der Waals surface area contributed by atoms with E-state index in [-0.39, 0.29) is 11.7 Å². The number of hydrogen-bond acceptors (Lipinski definition) is 2. The largest absolute Gasteiger partial charge is 0.354 e. The van der Waals surface area contributed by atoms with Gasteiger partial charge in [0.25, 0.3) is 0 Å². The lowest BCUT2D eigenvalue weighted by atomic mass is 10.1. The number of nitrogens with one attached hydrogen (secondary N) is 1. The Labute approximate surface area is 117 Å². The number of hydrogen-bond donors (Lipinski definition) is 2. The van der Waals surface area contributed by atoms with Crippen LogP contribution in [0.15, 0.2) is 54.6 Å². The lowest BCUT2D eigenvalue weighted by molar-refractivity contribution is -0.122. The highest BCUT2D eigenvalue weighted by atomic mass is 19.1. The highest BCUT2D eigenvalue weighted by Gasteiger charge is 2.14. The van der Waals surface area contributed by atoms with Gasteiger partial charge in [0.2, 0.25) is 5.91 Å². The van der Waals surface area contributed by atoms with E-state index in [1.165, 1.54) is 12.1 Å². The summed E-state index contributed by atoms with van der Waals surface area (Å²) < 4.78 is 12.7. The van der Waals surface area contributed by atoms with Gasteiger partial charge in [-0.25, -0.2) is 4.39 Å². The summed E-state index contributed by atoms with van der Waals surface area (Å²) in [4.78, 5) is 11.9. The first-order chi connectivity index (χ1) is 9.66. The van der Waals surface area contributed by atoms with Crippen LogP contribution in [-0.4, -0.2) is 12.5 Å². The van der Waals surface area contributed by atoms with Crippen molar-refractivity contribution in [3.8, 4) is 0 Å². The van der Waals surface area contributed by atoms with E-state index in [0.717, 1.165) is 11.1 Å². The van der Waals surface area contributed by atoms with Crippen LogP contribution in [0.4, 0.5) is 4.39 Å². The van der Waals surface area contributed by atoms with Crippen molar-refractivity contribution in [2.24, 2.45) is 5.73 Å². The summed E-state index contributed by atoms with van der Waals surface area (Å²) in [6, 6.07) is 14.8. The fraction of sp³-hybridized carbons (Fsp3) is 0.188. The van der Waals surface area contributed by atoms with E-state index in [1.54, 1.807) is 12.1 Å². The van der Waals surface area contributed by atoms with Crippen LogP contribution in [0.25, 0.3) is 0 Å². The van der Waals surface area contributed by atoms with Crippen LogP contribution in [0.5, 0.6) is 0 Å². The van der Waals surface area contributed by atoms with Gasteiger partial charge in [-0.05, 0) is 29.7 Å². The maximum Gasteiger partial charge on any atom is 0.241 e. The van der Waals surface area contributed by atoms with Gasteiger partial charge in [0, 0.05) is 6.54 Å². The van der Waals surface area contributed by atoms with Crippen LogP contribution in [-0.2, 0) is 11.2 Å². The first-order valence-electron chi connectivity index (χ1n) is 6.49. The predicted octanol–water partition coefficient (Wildman–Crippen LogP) is 2.18. The number of amides is 1. The van der Waals surface area contributed by atoms with E-state index in [4.69, 9.17) is 5.73 Å². The molecule has 0 radical (unpaired) electrons. The summed E-state index contributed by atoms with van der Waals surface area (Å²) in [5, 5.41) is 2.79. The Hall–Kier alpha value is -2.20. The van der Waals surface area contributed by atoms with E-state index in [0.29, 0.717) is 13.0 Å². The van der Waals surface area contributed by atoms with Gasteiger partial charge in [-0.1, -0.05) is 42.5 Å². The zero-order valence-electron chi connectivity index (χ0n) is 11.1. The molecule has 0 fully saturated rings. The minimum atomic E-state index is -0.663. The number of rotatable bonds is 5. The zero-order chi connectivity index (χ0) is 14.4. The van der Waals surface area contributed by atoms with Gasteiger partial charge in [0.15, 0.2) is 0 Å². The van der Waals surface area contributed by atoms with Gasteiger partial charge < -0.3 is 11.1 Å². The van der Waals surface area contributed by atoms with Gasteiger partial charge in [-0.3, -0.25) is 4.79 Å². The van der Waals surface area contributed by atoms with Crippen molar-refractivity contribution in [3.05, 3.63) is 71.5 Å². The van der Waals surface area contributed by atoms with Gasteiger partial charge in [-0.15, -0.1) is 0 Å². The molecule has 0 heterocycles. The third kappa shape index (κ3) is 3.90. The molecule has 0 aromatic heterocycles.